The fraction of sp³-hybridized carbons (Fsp3) is 0.909. The van der Waals surface area contributed by atoms with Gasteiger partial charge >= 0.3 is 17.9 Å². The van der Waals surface area contributed by atoms with Crippen LogP contribution < -0.4 is 0 Å². The molecule has 1 saturated heterocycles. The smallest absolute Gasteiger partial charge is 0.347 e. The van der Waals surface area contributed by atoms with E-state index < -0.39 is 29.9 Å². The van der Waals surface area contributed by atoms with Crippen LogP contribution in [0.3, 0.4) is 0 Å². The quantitative estimate of drug-likeness (QED) is 0.303. The Balaban J connectivity index is 0.000000182. The van der Waals surface area contributed by atoms with Crippen LogP contribution in [0.15, 0.2) is 0 Å². The van der Waals surface area contributed by atoms with E-state index in [4.69, 9.17) is 19.3 Å². The number of esters is 3. The summed E-state index contributed by atoms with van der Waals surface area (Å²) < 4.78 is 15.9. The molecule has 1 aliphatic heterocycles. The molecule has 1 heterocycles. The third-order valence-corrected chi connectivity index (χ3v) is 13.7. The molecule has 40 heavy (non-hydrogen) atoms. The molecular formula is C33H48O7. The van der Waals surface area contributed by atoms with Gasteiger partial charge in [0.25, 0.3) is 0 Å². The number of hydrogen-bond acceptors (Lipinski definition) is 7. The van der Waals surface area contributed by atoms with Crippen LogP contribution in [0.2, 0.25) is 0 Å². The van der Waals surface area contributed by atoms with Gasteiger partial charge in [-0.25, -0.2) is 4.79 Å². The molecule has 15 unspecified atom stereocenters. The molecule has 0 spiro atoms. The molecule has 15 atom stereocenters. The lowest BCUT2D eigenvalue weighted by Crippen LogP contribution is -2.48. The van der Waals surface area contributed by atoms with Crippen LogP contribution in [0.25, 0.3) is 0 Å². The summed E-state index contributed by atoms with van der Waals surface area (Å²) in [6.45, 7) is 7.57. The van der Waals surface area contributed by atoms with E-state index in [0.717, 1.165) is 30.1 Å². The second-order valence-electron chi connectivity index (χ2n) is 14.9. The average molecular weight is 557 g/mol. The summed E-state index contributed by atoms with van der Waals surface area (Å²) in [5.74, 6) is 6.97. The van der Waals surface area contributed by atoms with Crippen LogP contribution >= 0.6 is 0 Å². The lowest BCUT2D eigenvalue weighted by molar-refractivity contribution is -0.173. The van der Waals surface area contributed by atoms with Crippen LogP contribution in [-0.4, -0.2) is 48.9 Å². The second kappa shape index (κ2) is 10.3. The number of aliphatic hydroxyl groups is 1. The number of fused-ring (bicyclic) bond motifs is 14. The Hall–Kier alpha value is -1.63. The molecule has 222 valence electrons. The van der Waals surface area contributed by atoms with Crippen molar-refractivity contribution in [2.24, 2.45) is 88.8 Å². The van der Waals surface area contributed by atoms with Gasteiger partial charge in [-0.05, 0) is 129 Å². The summed E-state index contributed by atoms with van der Waals surface area (Å²) >= 11 is 0. The van der Waals surface area contributed by atoms with E-state index in [1.165, 1.54) is 38.5 Å². The zero-order valence-corrected chi connectivity index (χ0v) is 24.4. The van der Waals surface area contributed by atoms with Crippen LogP contribution in [0.4, 0.5) is 0 Å². The zero-order valence-electron chi connectivity index (χ0n) is 24.4. The Morgan fingerprint density at radius 1 is 0.800 bits per heavy atom. The third-order valence-electron chi connectivity index (χ3n) is 13.7. The van der Waals surface area contributed by atoms with E-state index >= 15 is 0 Å². The van der Waals surface area contributed by atoms with Gasteiger partial charge in [-0.1, -0.05) is 13.8 Å². The van der Waals surface area contributed by atoms with Crippen molar-refractivity contribution in [1.29, 1.82) is 0 Å². The first-order valence-corrected chi connectivity index (χ1v) is 16.5. The van der Waals surface area contributed by atoms with E-state index in [0.29, 0.717) is 67.7 Å². The van der Waals surface area contributed by atoms with Crippen molar-refractivity contribution >= 4 is 17.9 Å². The Kier molecular flexibility index (Phi) is 6.99. The van der Waals surface area contributed by atoms with Crippen LogP contribution in [0.5, 0.6) is 0 Å². The lowest BCUT2D eigenvalue weighted by atomic mass is 9.59. The Bertz CT molecular complexity index is 1010. The topological polar surface area (TPSA) is 99.1 Å². The summed E-state index contributed by atoms with van der Waals surface area (Å²) in [4.78, 5) is 37.8. The van der Waals surface area contributed by atoms with Gasteiger partial charge in [-0.15, -0.1) is 0 Å². The number of carbonyl (C=O) groups excluding carboxylic acids is 3. The molecule has 7 nitrogen and oxygen atoms in total. The highest BCUT2D eigenvalue weighted by molar-refractivity contribution is 5.86. The van der Waals surface area contributed by atoms with Crippen molar-refractivity contribution < 1.29 is 33.7 Å². The molecule has 0 aromatic heterocycles. The lowest BCUT2D eigenvalue weighted by Gasteiger charge is -2.45. The van der Waals surface area contributed by atoms with E-state index in [9.17, 15) is 14.4 Å². The predicted molar refractivity (Wildman–Crippen MR) is 145 cm³/mol. The van der Waals surface area contributed by atoms with Crippen molar-refractivity contribution in [2.45, 2.75) is 78.2 Å². The largest absolute Gasteiger partial charge is 0.466 e. The van der Waals surface area contributed by atoms with Gasteiger partial charge < -0.3 is 19.3 Å². The van der Waals surface area contributed by atoms with Crippen LogP contribution in [0, 0.1) is 88.8 Å². The molecule has 8 rings (SSSR count). The van der Waals surface area contributed by atoms with Crippen LogP contribution in [-0.2, 0) is 28.6 Å². The maximum Gasteiger partial charge on any atom is 0.347 e. The highest BCUT2D eigenvalue weighted by atomic mass is 16.6. The summed E-state index contributed by atoms with van der Waals surface area (Å²) in [5, 5.41) is 9.11. The molecule has 7 heteroatoms. The first-order chi connectivity index (χ1) is 19.3. The molecule has 7 aliphatic carbocycles. The molecule has 0 aromatic carbocycles. The normalized spacial score (nSPS) is 52.2. The minimum absolute atomic E-state index is 0.180. The van der Waals surface area contributed by atoms with Crippen molar-refractivity contribution in [3.8, 4) is 0 Å². The average Bonchev–Trinajstić information content (AvgIpc) is 3.78. The summed E-state index contributed by atoms with van der Waals surface area (Å²) in [5.41, 5.74) is 0. The predicted octanol–water partition coefficient (Wildman–Crippen LogP) is 4.50. The van der Waals surface area contributed by atoms with Gasteiger partial charge in [0.15, 0.2) is 0 Å². The van der Waals surface area contributed by atoms with E-state index in [1.807, 2.05) is 0 Å². The van der Waals surface area contributed by atoms with Gasteiger partial charge in [-0.3, -0.25) is 9.59 Å². The van der Waals surface area contributed by atoms with Gasteiger partial charge in [0.05, 0.1) is 25.0 Å². The molecular weight excluding hydrogens is 508 g/mol. The Labute approximate surface area is 238 Å². The van der Waals surface area contributed by atoms with E-state index in [1.54, 1.807) is 6.92 Å². The fourth-order valence-electron chi connectivity index (χ4n) is 12.2. The maximum atomic E-state index is 13.2. The molecule has 0 amide bonds. The summed E-state index contributed by atoms with van der Waals surface area (Å²) in [6, 6.07) is 0. The Morgan fingerprint density at radius 3 is 1.90 bits per heavy atom. The summed E-state index contributed by atoms with van der Waals surface area (Å²) in [6.07, 6.45) is 8.98. The highest BCUT2D eigenvalue weighted by Gasteiger charge is 2.71. The highest BCUT2D eigenvalue weighted by Crippen LogP contribution is 2.73. The van der Waals surface area contributed by atoms with Crippen molar-refractivity contribution in [3.63, 3.8) is 0 Å². The minimum atomic E-state index is -0.816. The Morgan fingerprint density at radius 2 is 1.38 bits per heavy atom. The van der Waals surface area contributed by atoms with Crippen molar-refractivity contribution in [2.75, 3.05) is 19.8 Å². The van der Waals surface area contributed by atoms with Gasteiger partial charge in [0.1, 0.15) is 0 Å². The third kappa shape index (κ3) is 4.02. The monoisotopic (exact) mass is 556 g/mol. The molecule has 0 aromatic rings. The number of aliphatic hydroxyl groups excluding tert-OH is 1. The standard InChI is InChI=1S/C22H30O6.C11H18O/c1-4-26-21(24)18-13-8-14(17-12-7-11(16(13)17)9(2)10(12)3)19(18)22(25)28-15-5-6-27-20(15)23;12-6-7-3-10-8-1-2-9(5-8)11(10)4-7/h9-19H,4-8H2,1-3H3;7-12H,1-6H2. The van der Waals surface area contributed by atoms with Crippen molar-refractivity contribution in [1.82, 2.24) is 0 Å². The molecule has 1 N–H and O–H groups in total. The number of ether oxygens (including phenoxy) is 3. The molecule has 6 bridgehead atoms. The molecule has 7 saturated carbocycles. The summed E-state index contributed by atoms with van der Waals surface area (Å²) in [7, 11) is 0. The number of rotatable bonds is 5. The van der Waals surface area contributed by atoms with E-state index in [-0.39, 0.29) is 17.8 Å². The first-order valence-electron chi connectivity index (χ1n) is 16.5. The fourth-order valence-corrected chi connectivity index (χ4v) is 12.2. The van der Waals surface area contributed by atoms with E-state index in [2.05, 4.69) is 13.8 Å². The van der Waals surface area contributed by atoms with Gasteiger partial charge in [0.2, 0.25) is 6.10 Å². The molecule has 8 aliphatic rings. The zero-order chi connectivity index (χ0) is 27.9. The van der Waals surface area contributed by atoms with Gasteiger partial charge in [0, 0.05) is 13.0 Å². The minimum Gasteiger partial charge on any atom is -0.466 e. The number of carbonyl (C=O) groups is 3. The molecule has 0 radical (unpaired) electrons. The second-order valence-corrected chi connectivity index (χ2v) is 14.9. The van der Waals surface area contributed by atoms with Crippen LogP contribution in [0.1, 0.15) is 72.1 Å². The molecule has 8 fully saturated rings. The maximum absolute atomic E-state index is 13.2. The van der Waals surface area contributed by atoms with Gasteiger partial charge in [-0.2, -0.15) is 0 Å². The number of cyclic esters (lactones) is 1. The SMILES string of the molecule is CCOC(=O)C1C2CC(C1C(=O)OC1CCOC1=O)C1C3CC(C(C)C3C)C21.OCC1CC2C3CCC(C3)C2C1. The van der Waals surface area contributed by atoms with Crippen molar-refractivity contribution in [3.05, 3.63) is 0 Å². The number of hydrogen-bond donors (Lipinski definition) is 1. The first kappa shape index (κ1) is 27.2.